The summed E-state index contributed by atoms with van der Waals surface area (Å²) < 4.78 is 11.5. The third kappa shape index (κ3) is 3.46. The van der Waals surface area contributed by atoms with Crippen LogP contribution in [0.2, 0.25) is 0 Å². The summed E-state index contributed by atoms with van der Waals surface area (Å²) in [4.78, 5) is 12.3. The van der Waals surface area contributed by atoms with E-state index < -0.39 is 5.92 Å². The first kappa shape index (κ1) is 17.4. The normalized spacial score (nSPS) is 19.3. The van der Waals surface area contributed by atoms with E-state index in [1.54, 1.807) is 12.1 Å². The molecular weight excluding hydrogens is 338 g/mol. The van der Waals surface area contributed by atoms with E-state index in [1.807, 2.05) is 37.3 Å². The molecule has 1 heterocycles. The van der Waals surface area contributed by atoms with Crippen LogP contribution in [0.15, 0.2) is 48.5 Å². The zero-order valence-electron chi connectivity index (χ0n) is 15.3. The number of carbonyl (C=O) groups is 1. The Morgan fingerprint density at radius 3 is 2.81 bits per heavy atom. The molecule has 0 N–H and O–H groups in total. The quantitative estimate of drug-likeness (QED) is 0.717. The standard InChI is InChI=1S/C23H21NO3/c1-2-11-26-23(25)16-9-10-17-19(13-16)22(12-15-7-8-15)27-21-6-4-3-5-18(21)20(17)14-24/h3-6,9-10,12-13,15,20H,2,7-8,11H2,1H3/b22-12-. The average molecular weight is 359 g/mol. The van der Waals surface area contributed by atoms with Gasteiger partial charge in [0.05, 0.1) is 18.2 Å². The van der Waals surface area contributed by atoms with Crippen LogP contribution in [0, 0.1) is 17.2 Å². The maximum atomic E-state index is 12.3. The van der Waals surface area contributed by atoms with Crippen molar-refractivity contribution >= 4 is 11.7 Å². The summed E-state index contributed by atoms with van der Waals surface area (Å²) in [7, 11) is 0. The molecule has 0 spiro atoms. The van der Waals surface area contributed by atoms with Gasteiger partial charge in [-0.25, -0.2) is 4.79 Å². The summed E-state index contributed by atoms with van der Waals surface area (Å²) in [5, 5.41) is 9.87. The average Bonchev–Trinajstić information content (AvgIpc) is 3.52. The number of nitrogens with zero attached hydrogens (tertiary/aromatic N) is 1. The van der Waals surface area contributed by atoms with Gasteiger partial charge in [0, 0.05) is 11.1 Å². The van der Waals surface area contributed by atoms with Crippen LogP contribution >= 0.6 is 0 Å². The highest BCUT2D eigenvalue weighted by atomic mass is 16.5. The van der Waals surface area contributed by atoms with Crippen LogP contribution in [0.5, 0.6) is 5.75 Å². The number of carbonyl (C=O) groups excluding carboxylic acids is 1. The predicted octanol–water partition coefficient (Wildman–Crippen LogP) is 5.05. The Morgan fingerprint density at radius 1 is 1.26 bits per heavy atom. The van der Waals surface area contributed by atoms with E-state index in [0.717, 1.165) is 41.7 Å². The van der Waals surface area contributed by atoms with Crippen molar-refractivity contribution in [1.82, 2.24) is 0 Å². The van der Waals surface area contributed by atoms with Crippen molar-refractivity contribution in [3.63, 3.8) is 0 Å². The van der Waals surface area contributed by atoms with Crippen LogP contribution in [0.4, 0.5) is 0 Å². The zero-order valence-corrected chi connectivity index (χ0v) is 15.3. The lowest BCUT2D eigenvalue weighted by molar-refractivity contribution is 0.0505. The monoisotopic (exact) mass is 359 g/mol. The van der Waals surface area contributed by atoms with E-state index in [-0.39, 0.29) is 5.97 Å². The smallest absolute Gasteiger partial charge is 0.338 e. The van der Waals surface area contributed by atoms with Crippen molar-refractivity contribution < 1.29 is 14.3 Å². The second-order valence-electron chi connectivity index (χ2n) is 7.01. The zero-order chi connectivity index (χ0) is 18.8. The molecule has 0 radical (unpaired) electrons. The second-order valence-corrected chi connectivity index (χ2v) is 7.01. The van der Waals surface area contributed by atoms with Crippen LogP contribution < -0.4 is 4.74 Å². The number of fused-ring (bicyclic) bond motifs is 2. The van der Waals surface area contributed by atoms with Crippen molar-refractivity contribution in [3.05, 3.63) is 70.8 Å². The highest BCUT2D eigenvalue weighted by Gasteiger charge is 2.30. The van der Waals surface area contributed by atoms with Crippen LogP contribution in [0.1, 0.15) is 59.2 Å². The third-order valence-corrected chi connectivity index (χ3v) is 4.89. The molecule has 0 amide bonds. The molecule has 2 aromatic rings. The maximum absolute atomic E-state index is 12.3. The number of ether oxygens (including phenoxy) is 2. The highest BCUT2D eigenvalue weighted by Crippen LogP contribution is 2.43. The van der Waals surface area contributed by atoms with Gasteiger partial charge in [-0.3, -0.25) is 0 Å². The molecule has 4 rings (SSSR count). The molecule has 1 saturated carbocycles. The minimum absolute atomic E-state index is 0.347. The third-order valence-electron chi connectivity index (χ3n) is 4.89. The molecule has 4 nitrogen and oxygen atoms in total. The Hall–Kier alpha value is -3.06. The van der Waals surface area contributed by atoms with Gasteiger partial charge in [-0.15, -0.1) is 0 Å². The number of rotatable bonds is 4. The van der Waals surface area contributed by atoms with Gasteiger partial charge in [-0.05, 0) is 55.0 Å². The molecule has 0 aromatic heterocycles. The summed E-state index contributed by atoms with van der Waals surface area (Å²) in [6.07, 6.45) is 5.18. The second kappa shape index (κ2) is 7.28. The lowest BCUT2D eigenvalue weighted by Gasteiger charge is -2.13. The lowest BCUT2D eigenvalue weighted by atomic mass is 9.88. The Balaban J connectivity index is 1.84. The summed E-state index contributed by atoms with van der Waals surface area (Å²) >= 11 is 0. The van der Waals surface area contributed by atoms with Gasteiger partial charge in [-0.2, -0.15) is 5.26 Å². The fourth-order valence-corrected chi connectivity index (χ4v) is 3.32. The first-order valence-corrected chi connectivity index (χ1v) is 9.41. The topological polar surface area (TPSA) is 59.3 Å². The molecule has 1 atom stereocenters. The van der Waals surface area contributed by atoms with Crippen molar-refractivity contribution in [1.29, 1.82) is 5.26 Å². The largest absolute Gasteiger partial charge is 0.462 e. The maximum Gasteiger partial charge on any atom is 0.338 e. The van der Waals surface area contributed by atoms with E-state index >= 15 is 0 Å². The van der Waals surface area contributed by atoms with Crippen molar-refractivity contribution in [2.75, 3.05) is 6.61 Å². The molecule has 27 heavy (non-hydrogen) atoms. The van der Waals surface area contributed by atoms with Gasteiger partial charge < -0.3 is 9.47 Å². The van der Waals surface area contributed by atoms with Crippen molar-refractivity contribution in [2.24, 2.45) is 5.92 Å². The molecule has 136 valence electrons. The van der Waals surface area contributed by atoms with E-state index in [1.165, 1.54) is 0 Å². The Kier molecular flexibility index (Phi) is 4.68. The van der Waals surface area contributed by atoms with E-state index in [2.05, 4.69) is 12.1 Å². The molecule has 2 aromatic carbocycles. The van der Waals surface area contributed by atoms with Crippen LogP contribution in [0.3, 0.4) is 0 Å². The highest BCUT2D eigenvalue weighted by molar-refractivity contribution is 5.91. The molecule has 2 aliphatic rings. The molecule has 4 heteroatoms. The number of nitriles is 1. The van der Waals surface area contributed by atoms with Gasteiger partial charge in [0.2, 0.25) is 0 Å². The van der Waals surface area contributed by atoms with Gasteiger partial charge in [0.25, 0.3) is 0 Å². The summed E-state index contributed by atoms with van der Waals surface area (Å²) in [5.41, 5.74) is 2.99. The summed E-state index contributed by atoms with van der Waals surface area (Å²) in [5.74, 6) is 1.13. The van der Waals surface area contributed by atoms with Gasteiger partial charge in [-0.1, -0.05) is 31.2 Å². The molecule has 1 unspecified atom stereocenters. The summed E-state index contributed by atoms with van der Waals surface area (Å²) in [6.45, 7) is 2.35. The van der Waals surface area contributed by atoms with E-state index in [4.69, 9.17) is 9.47 Å². The number of hydrogen-bond acceptors (Lipinski definition) is 4. The molecule has 1 aliphatic carbocycles. The van der Waals surface area contributed by atoms with Gasteiger partial charge >= 0.3 is 5.97 Å². The Bertz CT molecular complexity index is 950. The van der Waals surface area contributed by atoms with Crippen molar-refractivity contribution in [3.8, 4) is 11.8 Å². The molecule has 0 saturated heterocycles. The lowest BCUT2D eigenvalue weighted by Crippen LogP contribution is -2.08. The predicted molar refractivity (Wildman–Crippen MR) is 102 cm³/mol. The fraction of sp³-hybridized carbons (Fsp3) is 0.304. The SMILES string of the molecule is CCCOC(=O)c1ccc2c(c1)/C(=C/C1CC1)Oc1ccccc1C2C#N. The molecule has 0 bridgehead atoms. The minimum Gasteiger partial charge on any atom is -0.462 e. The Morgan fingerprint density at radius 2 is 2.07 bits per heavy atom. The Labute approximate surface area is 159 Å². The molecule has 1 fully saturated rings. The van der Waals surface area contributed by atoms with Gasteiger partial charge in [0.1, 0.15) is 17.4 Å². The summed E-state index contributed by atoms with van der Waals surface area (Å²) in [6, 6.07) is 15.4. The molecular formula is C23H21NO3. The van der Waals surface area contributed by atoms with Crippen molar-refractivity contribution in [2.45, 2.75) is 32.1 Å². The number of hydrogen-bond donors (Lipinski definition) is 0. The van der Waals surface area contributed by atoms with Crippen LogP contribution in [-0.2, 0) is 4.74 Å². The van der Waals surface area contributed by atoms with E-state index in [9.17, 15) is 10.1 Å². The number of benzene rings is 2. The molecule has 1 aliphatic heterocycles. The van der Waals surface area contributed by atoms with E-state index in [0.29, 0.717) is 23.8 Å². The van der Waals surface area contributed by atoms with Crippen LogP contribution in [-0.4, -0.2) is 12.6 Å². The number of allylic oxidation sites excluding steroid dienone is 1. The number of para-hydroxylation sites is 1. The fourth-order valence-electron chi connectivity index (χ4n) is 3.32. The first-order chi connectivity index (χ1) is 13.2. The number of esters is 1. The van der Waals surface area contributed by atoms with Crippen LogP contribution in [0.25, 0.3) is 5.76 Å². The minimum atomic E-state index is -0.443. The van der Waals surface area contributed by atoms with Gasteiger partial charge in [0.15, 0.2) is 0 Å². The first-order valence-electron chi connectivity index (χ1n) is 9.41.